The van der Waals surface area contributed by atoms with Gasteiger partial charge in [0.2, 0.25) is 0 Å². The summed E-state index contributed by atoms with van der Waals surface area (Å²) < 4.78 is 37.4. The van der Waals surface area contributed by atoms with Crippen LogP contribution in [0.3, 0.4) is 0 Å². The van der Waals surface area contributed by atoms with E-state index in [-0.39, 0.29) is 27.4 Å². The molecule has 1 nitrogen and oxygen atoms in total. The summed E-state index contributed by atoms with van der Waals surface area (Å²) in [5.74, 6) is 0. The lowest BCUT2D eigenvalue weighted by Crippen LogP contribution is -2.01. The van der Waals surface area contributed by atoms with Crippen molar-refractivity contribution in [1.29, 1.82) is 0 Å². The summed E-state index contributed by atoms with van der Waals surface area (Å²) in [4.78, 5) is 0. The van der Waals surface area contributed by atoms with Gasteiger partial charge in [-0.3, -0.25) is 0 Å². The van der Waals surface area contributed by atoms with Crippen LogP contribution in [0.4, 0.5) is 18.9 Å². The van der Waals surface area contributed by atoms with Crippen LogP contribution >= 0.6 is 11.6 Å². The fourth-order valence-electron chi connectivity index (χ4n) is 1.26. The van der Waals surface area contributed by atoms with Gasteiger partial charge in [0.15, 0.2) is 0 Å². The Morgan fingerprint density at radius 3 is 2.07 bits per heavy atom. The van der Waals surface area contributed by atoms with E-state index in [4.69, 9.17) is 17.3 Å². The molecule has 0 aromatic heterocycles. The molecule has 0 saturated carbocycles. The first-order valence-corrected chi connectivity index (χ1v) is 4.30. The monoisotopic (exact) mass is 223 g/mol. The molecule has 0 unspecified atom stereocenters. The second kappa shape index (κ2) is 4.55. The lowest BCUT2D eigenvalue weighted by Gasteiger charge is -2.11. The Morgan fingerprint density at radius 2 is 1.64 bits per heavy atom. The summed E-state index contributed by atoms with van der Waals surface area (Å²) in [5.41, 5.74) is 5.45. The molecule has 0 atom stereocenters. The zero-order valence-corrected chi connectivity index (χ0v) is 8.04. The third kappa shape index (κ3) is 1.80. The Kier molecular flexibility index (Phi) is 3.63. The Labute approximate surface area is 84.7 Å². The van der Waals surface area contributed by atoms with Gasteiger partial charge in [-0.1, -0.05) is 11.6 Å². The number of alkyl halides is 3. The van der Waals surface area contributed by atoms with Crippen LogP contribution in [-0.2, 0) is 20.0 Å². The number of rotatable bonds is 3. The van der Waals surface area contributed by atoms with Crippen LogP contribution in [0.25, 0.3) is 0 Å². The van der Waals surface area contributed by atoms with E-state index >= 15 is 0 Å². The molecule has 14 heavy (non-hydrogen) atoms. The van der Waals surface area contributed by atoms with Gasteiger partial charge in [0.25, 0.3) is 0 Å². The number of halogens is 4. The third-order valence-electron chi connectivity index (χ3n) is 2.01. The van der Waals surface area contributed by atoms with Gasteiger partial charge in [-0.2, -0.15) is 0 Å². The maximum Gasteiger partial charge on any atom is 0.116 e. The van der Waals surface area contributed by atoms with E-state index in [0.29, 0.717) is 0 Å². The smallest absolute Gasteiger partial charge is 0.116 e. The second-order valence-corrected chi connectivity index (χ2v) is 3.17. The maximum absolute atomic E-state index is 12.5. The van der Waals surface area contributed by atoms with Crippen LogP contribution in [0.1, 0.15) is 16.7 Å². The minimum Gasteiger partial charge on any atom is -0.398 e. The van der Waals surface area contributed by atoms with Crippen LogP contribution in [-0.4, -0.2) is 0 Å². The predicted molar refractivity (Wildman–Crippen MR) is 50.3 cm³/mol. The fourth-order valence-corrected chi connectivity index (χ4v) is 1.48. The van der Waals surface area contributed by atoms with Gasteiger partial charge >= 0.3 is 0 Å². The van der Waals surface area contributed by atoms with Crippen molar-refractivity contribution in [3.63, 3.8) is 0 Å². The summed E-state index contributed by atoms with van der Waals surface area (Å²) in [6.07, 6.45) is 0. The summed E-state index contributed by atoms with van der Waals surface area (Å²) in [7, 11) is 0. The molecule has 0 heterocycles. The average molecular weight is 224 g/mol. The minimum atomic E-state index is -0.948. The highest BCUT2D eigenvalue weighted by atomic mass is 35.5. The van der Waals surface area contributed by atoms with Crippen molar-refractivity contribution in [3.05, 3.63) is 27.8 Å². The molecule has 78 valence electrons. The van der Waals surface area contributed by atoms with Crippen LogP contribution in [0, 0.1) is 0 Å². The molecular weight excluding hydrogens is 215 g/mol. The number of nitrogen functional groups attached to an aromatic ring is 1. The number of hydrogen-bond donors (Lipinski definition) is 1. The fraction of sp³-hybridized carbons (Fsp3) is 0.333. The minimum absolute atomic E-state index is 0.0302. The normalized spacial score (nSPS) is 10.6. The van der Waals surface area contributed by atoms with Crippen LogP contribution < -0.4 is 5.73 Å². The maximum atomic E-state index is 12.5. The molecule has 1 rings (SSSR count). The van der Waals surface area contributed by atoms with E-state index in [9.17, 15) is 13.2 Å². The molecular formula is C9H9ClF3N. The number of benzene rings is 1. The van der Waals surface area contributed by atoms with Crippen molar-refractivity contribution in [2.24, 2.45) is 0 Å². The Hall–Kier alpha value is -0.900. The molecule has 2 N–H and O–H groups in total. The van der Waals surface area contributed by atoms with Crippen LogP contribution in [0.2, 0.25) is 5.02 Å². The van der Waals surface area contributed by atoms with Crippen molar-refractivity contribution in [1.82, 2.24) is 0 Å². The third-order valence-corrected chi connectivity index (χ3v) is 2.46. The Bertz CT molecular complexity index is 341. The van der Waals surface area contributed by atoms with Crippen molar-refractivity contribution >= 4 is 17.3 Å². The lowest BCUT2D eigenvalue weighted by atomic mass is 10.0. The molecule has 0 aliphatic carbocycles. The first-order chi connectivity index (χ1) is 6.65. The first-order valence-electron chi connectivity index (χ1n) is 3.92. The molecule has 0 radical (unpaired) electrons. The average Bonchev–Trinajstić information content (AvgIpc) is 2.20. The van der Waals surface area contributed by atoms with Gasteiger partial charge in [-0.15, -0.1) is 0 Å². The molecule has 0 spiro atoms. The SMILES string of the molecule is Nc1cc(CF)c(CF)c(CF)c1Cl. The molecule has 0 aliphatic rings. The van der Waals surface area contributed by atoms with Crippen LogP contribution in [0.15, 0.2) is 6.07 Å². The molecule has 1 aromatic carbocycles. The lowest BCUT2D eigenvalue weighted by molar-refractivity contribution is 0.437. The molecule has 0 aliphatic heterocycles. The summed E-state index contributed by atoms with van der Waals surface area (Å²) in [5, 5.41) is -0.0302. The van der Waals surface area contributed by atoms with Gasteiger partial charge in [0.1, 0.15) is 20.0 Å². The number of hydrogen-bond acceptors (Lipinski definition) is 1. The van der Waals surface area contributed by atoms with Gasteiger partial charge < -0.3 is 5.73 Å². The molecule has 5 heteroatoms. The largest absolute Gasteiger partial charge is 0.398 e. The van der Waals surface area contributed by atoms with Gasteiger partial charge in [-0.25, -0.2) is 13.2 Å². The van der Waals surface area contributed by atoms with Crippen molar-refractivity contribution in [2.75, 3.05) is 5.73 Å². The van der Waals surface area contributed by atoms with E-state index in [2.05, 4.69) is 0 Å². The molecule has 0 fully saturated rings. The van der Waals surface area contributed by atoms with E-state index < -0.39 is 20.0 Å². The summed E-state index contributed by atoms with van der Waals surface area (Å²) >= 11 is 5.65. The van der Waals surface area contributed by atoms with Gasteiger partial charge in [0.05, 0.1) is 10.7 Å². The van der Waals surface area contributed by atoms with Crippen molar-refractivity contribution < 1.29 is 13.2 Å². The van der Waals surface area contributed by atoms with E-state index in [0.717, 1.165) is 0 Å². The van der Waals surface area contributed by atoms with Gasteiger partial charge in [-0.05, 0) is 17.2 Å². The second-order valence-electron chi connectivity index (χ2n) is 2.80. The van der Waals surface area contributed by atoms with Crippen molar-refractivity contribution in [2.45, 2.75) is 20.0 Å². The molecule has 1 aromatic rings. The number of nitrogens with two attached hydrogens (primary N) is 1. The Morgan fingerprint density at radius 1 is 1.07 bits per heavy atom. The standard InChI is InChI=1S/C9H9ClF3N/c10-9-7(4-13)6(3-12)5(2-11)1-8(9)14/h1H,2-4,14H2. The van der Waals surface area contributed by atoms with Crippen molar-refractivity contribution in [3.8, 4) is 0 Å². The summed E-state index contributed by atoms with van der Waals surface area (Å²) in [6, 6.07) is 1.23. The highest BCUT2D eigenvalue weighted by molar-refractivity contribution is 6.34. The Balaban J connectivity index is 3.42. The predicted octanol–water partition coefficient (Wildman–Crippen LogP) is 3.33. The summed E-state index contributed by atoms with van der Waals surface area (Å²) in [6.45, 7) is -2.78. The molecule has 0 amide bonds. The zero-order valence-electron chi connectivity index (χ0n) is 7.29. The van der Waals surface area contributed by atoms with E-state index in [1.165, 1.54) is 6.07 Å². The number of anilines is 1. The quantitative estimate of drug-likeness (QED) is 0.782. The highest BCUT2D eigenvalue weighted by Gasteiger charge is 2.15. The van der Waals surface area contributed by atoms with E-state index in [1.54, 1.807) is 0 Å². The zero-order chi connectivity index (χ0) is 10.7. The molecule has 0 bridgehead atoms. The highest BCUT2D eigenvalue weighted by Crippen LogP contribution is 2.31. The molecule has 0 saturated heterocycles. The first kappa shape index (κ1) is 11.2. The van der Waals surface area contributed by atoms with Crippen LogP contribution in [0.5, 0.6) is 0 Å². The van der Waals surface area contributed by atoms with E-state index in [1.807, 2.05) is 0 Å². The topological polar surface area (TPSA) is 26.0 Å². The van der Waals surface area contributed by atoms with Gasteiger partial charge in [0, 0.05) is 5.56 Å².